The first-order valence-corrected chi connectivity index (χ1v) is 4.73. The first kappa shape index (κ1) is 8.03. The molecule has 0 aromatic heterocycles. The van der Waals surface area contributed by atoms with Crippen LogP contribution in [0.1, 0.15) is 33.6 Å². The van der Waals surface area contributed by atoms with Crippen LogP contribution in [0.2, 0.25) is 0 Å². The van der Waals surface area contributed by atoms with Crippen molar-refractivity contribution in [1.82, 2.24) is 0 Å². The minimum Gasteiger partial charge on any atom is -0.295 e. The summed E-state index contributed by atoms with van der Waals surface area (Å²) < 4.78 is 0. The maximum absolute atomic E-state index is 11.5. The molecule has 0 radical (unpaired) electrons. The monoisotopic (exact) mass is 164 g/mol. The van der Waals surface area contributed by atoms with Gasteiger partial charge in [0.05, 0.1) is 0 Å². The Hall–Kier alpha value is -0.590. The van der Waals surface area contributed by atoms with Crippen LogP contribution < -0.4 is 0 Å². The molecule has 2 aliphatic rings. The molecule has 12 heavy (non-hydrogen) atoms. The van der Waals surface area contributed by atoms with Gasteiger partial charge in [-0.15, -0.1) is 0 Å². The van der Waals surface area contributed by atoms with Crippen LogP contribution in [0.3, 0.4) is 0 Å². The predicted molar refractivity (Wildman–Crippen MR) is 48.8 cm³/mol. The summed E-state index contributed by atoms with van der Waals surface area (Å²) in [6, 6.07) is 0. The van der Waals surface area contributed by atoms with Crippen LogP contribution in [0.4, 0.5) is 0 Å². The molecule has 0 amide bonds. The zero-order valence-corrected chi connectivity index (χ0v) is 8.05. The first-order chi connectivity index (χ1) is 5.50. The number of rotatable bonds is 0. The smallest absolute Gasteiger partial charge is 0.158 e. The highest BCUT2D eigenvalue weighted by molar-refractivity contribution is 5.94. The molecule has 0 heterocycles. The fourth-order valence-electron chi connectivity index (χ4n) is 2.93. The molecule has 1 heteroatoms. The minimum absolute atomic E-state index is 0.341. The molecule has 2 aliphatic carbocycles. The molecule has 0 aliphatic heterocycles. The SMILES string of the molecule is CC1=CC(=O)C2CC1C(C)(C)C2. The Labute approximate surface area is 73.8 Å². The summed E-state index contributed by atoms with van der Waals surface area (Å²) in [6.45, 7) is 6.67. The van der Waals surface area contributed by atoms with Crippen molar-refractivity contribution in [2.45, 2.75) is 33.6 Å². The van der Waals surface area contributed by atoms with Crippen LogP contribution in [0.25, 0.3) is 0 Å². The second-order valence-electron chi connectivity index (χ2n) is 4.97. The lowest BCUT2D eigenvalue weighted by Gasteiger charge is -2.27. The van der Waals surface area contributed by atoms with Gasteiger partial charge in [0.2, 0.25) is 0 Å². The normalized spacial score (nSPS) is 38.2. The largest absolute Gasteiger partial charge is 0.295 e. The van der Waals surface area contributed by atoms with Gasteiger partial charge in [-0.1, -0.05) is 19.4 Å². The van der Waals surface area contributed by atoms with Crippen molar-refractivity contribution < 1.29 is 4.79 Å². The molecule has 1 nitrogen and oxygen atoms in total. The standard InChI is InChI=1S/C11H16O/c1-7-4-10(12)8-5-9(7)11(2,3)6-8/h4,8-9H,5-6H2,1-3H3. The third-order valence-electron chi connectivity index (χ3n) is 3.56. The van der Waals surface area contributed by atoms with Gasteiger partial charge in [-0.3, -0.25) is 4.79 Å². The van der Waals surface area contributed by atoms with E-state index in [0.29, 0.717) is 23.0 Å². The molecule has 0 aromatic rings. The minimum atomic E-state index is 0.341. The van der Waals surface area contributed by atoms with E-state index in [1.165, 1.54) is 5.57 Å². The van der Waals surface area contributed by atoms with Crippen molar-refractivity contribution in [2.75, 3.05) is 0 Å². The second kappa shape index (κ2) is 2.21. The molecule has 66 valence electrons. The van der Waals surface area contributed by atoms with Crippen LogP contribution in [-0.4, -0.2) is 5.78 Å². The third kappa shape index (κ3) is 0.954. The number of hydrogen-bond acceptors (Lipinski definition) is 1. The van der Waals surface area contributed by atoms with Crippen molar-refractivity contribution in [2.24, 2.45) is 17.3 Å². The number of carbonyl (C=O) groups excluding carboxylic acids is 1. The van der Waals surface area contributed by atoms with E-state index in [-0.39, 0.29) is 0 Å². The van der Waals surface area contributed by atoms with Crippen molar-refractivity contribution in [3.8, 4) is 0 Å². The Bertz CT molecular complexity index is 260. The summed E-state index contributed by atoms with van der Waals surface area (Å²) in [5, 5.41) is 0. The molecular weight excluding hydrogens is 148 g/mol. The third-order valence-corrected chi connectivity index (χ3v) is 3.56. The van der Waals surface area contributed by atoms with E-state index in [0.717, 1.165) is 12.8 Å². The summed E-state index contributed by atoms with van der Waals surface area (Å²) in [5.41, 5.74) is 1.66. The van der Waals surface area contributed by atoms with E-state index in [1.54, 1.807) is 0 Å². The number of fused-ring (bicyclic) bond motifs is 2. The number of ketones is 1. The Morgan fingerprint density at radius 2 is 2.17 bits per heavy atom. The van der Waals surface area contributed by atoms with Crippen LogP contribution in [0.5, 0.6) is 0 Å². The van der Waals surface area contributed by atoms with Gasteiger partial charge in [-0.2, -0.15) is 0 Å². The van der Waals surface area contributed by atoms with E-state index < -0.39 is 0 Å². The van der Waals surface area contributed by atoms with Gasteiger partial charge in [-0.05, 0) is 37.2 Å². The highest BCUT2D eigenvalue weighted by Crippen LogP contribution is 2.52. The average molecular weight is 164 g/mol. The summed E-state index contributed by atoms with van der Waals surface area (Å²) >= 11 is 0. The van der Waals surface area contributed by atoms with Crippen molar-refractivity contribution in [3.63, 3.8) is 0 Å². The lowest BCUT2D eigenvalue weighted by molar-refractivity contribution is -0.118. The number of allylic oxidation sites excluding steroid dienone is 2. The quantitative estimate of drug-likeness (QED) is 0.537. The van der Waals surface area contributed by atoms with Crippen molar-refractivity contribution >= 4 is 5.78 Å². The second-order valence-corrected chi connectivity index (χ2v) is 4.97. The summed E-state index contributed by atoms with van der Waals surface area (Å²) in [7, 11) is 0. The van der Waals surface area contributed by atoms with Gasteiger partial charge in [0.15, 0.2) is 5.78 Å². The Kier molecular flexibility index (Phi) is 1.48. The van der Waals surface area contributed by atoms with Gasteiger partial charge in [-0.25, -0.2) is 0 Å². The topological polar surface area (TPSA) is 17.1 Å². The molecule has 1 saturated carbocycles. The Morgan fingerprint density at radius 1 is 1.50 bits per heavy atom. The molecule has 2 bridgehead atoms. The van der Waals surface area contributed by atoms with Gasteiger partial charge in [0.25, 0.3) is 0 Å². The maximum atomic E-state index is 11.5. The van der Waals surface area contributed by atoms with E-state index in [9.17, 15) is 4.79 Å². The fourth-order valence-corrected chi connectivity index (χ4v) is 2.93. The van der Waals surface area contributed by atoms with Gasteiger partial charge in [0.1, 0.15) is 0 Å². The van der Waals surface area contributed by atoms with E-state index in [4.69, 9.17) is 0 Å². The summed E-state index contributed by atoms with van der Waals surface area (Å²) in [4.78, 5) is 11.5. The van der Waals surface area contributed by atoms with E-state index in [2.05, 4.69) is 20.8 Å². The maximum Gasteiger partial charge on any atom is 0.158 e. The predicted octanol–water partition coefficient (Wildman–Crippen LogP) is 2.57. The van der Waals surface area contributed by atoms with Crippen LogP contribution in [-0.2, 0) is 4.79 Å². The van der Waals surface area contributed by atoms with Crippen molar-refractivity contribution in [3.05, 3.63) is 11.6 Å². The molecule has 2 rings (SSSR count). The van der Waals surface area contributed by atoms with E-state index >= 15 is 0 Å². The fraction of sp³-hybridized carbons (Fsp3) is 0.727. The molecule has 0 aromatic carbocycles. The Morgan fingerprint density at radius 3 is 2.83 bits per heavy atom. The molecule has 0 N–H and O–H groups in total. The van der Waals surface area contributed by atoms with E-state index in [1.807, 2.05) is 6.08 Å². The zero-order valence-electron chi connectivity index (χ0n) is 8.05. The number of hydrogen-bond donors (Lipinski definition) is 0. The van der Waals surface area contributed by atoms with Crippen LogP contribution in [0, 0.1) is 17.3 Å². The summed E-state index contributed by atoms with van der Waals surface area (Å²) in [5.74, 6) is 1.38. The molecule has 2 atom stereocenters. The number of carbonyl (C=O) groups is 1. The average Bonchev–Trinajstić information content (AvgIpc) is 2.20. The van der Waals surface area contributed by atoms with Crippen LogP contribution >= 0.6 is 0 Å². The highest BCUT2D eigenvalue weighted by atomic mass is 16.1. The molecule has 0 spiro atoms. The lowest BCUT2D eigenvalue weighted by Crippen LogP contribution is -2.19. The van der Waals surface area contributed by atoms with Gasteiger partial charge < -0.3 is 0 Å². The molecule has 2 unspecified atom stereocenters. The first-order valence-electron chi connectivity index (χ1n) is 4.73. The Balaban J connectivity index is 2.39. The highest BCUT2D eigenvalue weighted by Gasteiger charge is 2.45. The van der Waals surface area contributed by atoms with Gasteiger partial charge in [0, 0.05) is 5.92 Å². The van der Waals surface area contributed by atoms with Crippen LogP contribution in [0.15, 0.2) is 11.6 Å². The van der Waals surface area contributed by atoms with Gasteiger partial charge >= 0.3 is 0 Å². The summed E-state index contributed by atoms with van der Waals surface area (Å²) in [6.07, 6.45) is 4.06. The molecular formula is C11H16O. The zero-order chi connectivity index (χ0) is 8.93. The molecule has 0 saturated heterocycles. The van der Waals surface area contributed by atoms with Crippen molar-refractivity contribution in [1.29, 1.82) is 0 Å². The lowest BCUT2D eigenvalue weighted by atomic mass is 9.78. The molecule has 1 fully saturated rings.